The Bertz CT molecular complexity index is 545. The number of ether oxygens (including phenoxy) is 2. The van der Waals surface area contributed by atoms with Crippen LogP contribution in [-0.2, 0) is 23.9 Å². The molecule has 0 atom stereocenters. The summed E-state index contributed by atoms with van der Waals surface area (Å²) >= 11 is 0. The van der Waals surface area contributed by atoms with Crippen molar-refractivity contribution in [3.05, 3.63) is 0 Å². The number of ketones is 1. The van der Waals surface area contributed by atoms with Gasteiger partial charge in [0.05, 0.1) is 20.8 Å². The van der Waals surface area contributed by atoms with Crippen LogP contribution >= 0.6 is 0 Å². The van der Waals surface area contributed by atoms with Crippen LogP contribution in [0.15, 0.2) is 0 Å². The molecule has 43 heavy (non-hydrogen) atoms. The highest BCUT2D eigenvalue weighted by Gasteiger charge is 2.06. The van der Waals surface area contributed by atoms with Gasteiger partial charge in [0.25, 0.3) is 0 Å². The highest BCUT2D eigenvalue weighted by Crippen LogP contribution is 2.09. The van der Waals surface area contributed by atoms with Crippen LogP contribution in [0, 0.1) is 0 Å². The first-order valence-electron chi connectivity index (χ1n) is 18.2. The second kappa shape index (κ2) is 45.0. The summed E-state index contributed by atoms with van der Waals surface area (Å²) in [6.07, 6.45) is 26.4. The number of carbonyl (C=O) groups excluding carboxylic acids is 3. The molecule has 260 valence electrons. The van der Waals surface area contributed by atoms with Crippen LogP contribution in [0.25, 0.3) is 0 Å². The van der Waals surface area contributed by atoms with Crippen molar-refractivity contribution in [2.75, 3.05) is 33.9 Å². The fourth-order valence-corrected chi connectivity index (χ4v) is 4.50. The summed E-state index contributed by atoms with van der Waals surface area (Å²) in [6.45, 7) is 17.1. The van der Waals surface area contributed by atoms with Crippen LogP contribution in [0.1, 0.15) is 190 Å². The average molecular weight is 616 g/mol. The summed E-state index contributed by atoms with van der Waals surface area (Å²) in [7, 11) is 2.87. The van der Waals surface area contributed by atoms with Gasteiger partial charge < -0.3 is 9.47 Å². The van der Waals surface area contributed by atoms with E-state index in [1.54, 1.807) is 6.92 Å². The largest absolute Gasteiger partial charge is 0.469 e. The van der Waals surface area contributed by atoms with Gasteiger partial charge in [-0.25, -0.2) is 0 Å². The molecular formula is C37H77NO5. The summed E-state index contributed by atoms with van der Waals surface area (Å²) in [6, 6.07) is 0. The quantitative estimate of drug-likeness (QED) is 0.0712. The van der Waals surface area contributed by atoms with E-state index >= 15 is 0 Å². The van der Waals surface area contributed by atoms with Gasteiger partial charge in [-0.15, -0.1) is 0 Å². The molecule has 0 heterocycles. The Balaban J connectivity index is -0.000000273. The number of hydrogen-bond donors (Lipinski definition) is 0. The predicted molar refractivity (Wildman–Crippen MR) is 187 cm³/mol. The van der Waals surface area contributed by atoms with Gasteiger partial charge in [0.15, 0.2) is 0 Å². The lowest BCUT2D eigenvalue weighted by atomic mass is 10.1. The first kappa shape index (κ1) is 48.5. The molecule has 0 bridgehead atoms. The zero-order valence-corrected chi connectivity index (χ0v) is 30.7. The van der Waals surface area contributed by atoms with Crippen LogP contribution in [0.4, 0.5) is 0 Å². The van der Waals surface area contributed by atoms with E-state index in [-0.39, 0.29) is 17.7 Å². The predicted octanol–water partition coefficient (Wildman–Crippen LogP) is 10.9. The Hall–Kier alpha value is -1.43. The summed E-state index contributed by atoms with van der Waals surface area (Å²) in [5, 5.41) is 0. The van der Waals surface area contributed by atoms with Gasteiger partial charge in [0, 0.05) is 12.8 Å². The smallest absolute Gasteiger partial charge is 0.305 e. The summed E-state index contributed by atoms with van der Waals surface area (Å²) in [5.74, 6) is 0.0487. The first-order chi connectivity index (χ1) is 20.8. The van der Waals surface area contributed by atoms with Gasteiger partial charge in [0.1, 0.15) is 5.78 Å². The maximum Gasteiger partial charge on any atom is 0.305 e. The monoisotopic (exact) mass is 616 g/mol. The summed E-state index contributed by atoms with van der Waals surface area (Å²) < 4.78 is 9.13. The molecule has 0 aromatic carbocycles. The number of esters is 2. The van der Waals surface area contributed by atoms with E-state index in [9.17, 15) is 14.4 Å². The topological polar surface area (TPSA) is 72.9 Å². The molecule has 6 heteroatoms. The van der Waals surface area contributed by atoms with Crippen molar-refractivity contribution in [1.29, 1.82) is 0 Å². The van der Waals surface area contributed by atoms with Crippen molar-refractivity contribution in [2.24, 2.45) is 0 Å². The van der Waals surface area contributed by atoms with Crippen molar-refractivity contribution < 1.29 is 23.9 Å². The fourth-order valence-electron chi connectivity index (χ4n) is 4.50. The molecule has 0 spiro atoms. The van der Waals surface area contributed by atoms with Crippen LogP contribution in [0.3, 0.4) is 0 Å². The molecule has 0 aromatic rings. The molecule has 0 aromatic heterocycles. The van der Waals surface area contributed by atoms with E-state index in [1.807, 2.05) is 13.8 Å². The van der Waals surface area contributed by atoms with Crippen molar-refractivity contribution in [3.8, 4) is 0 Å². The molecule has 0 aliphatic carbocycles. The lowest BCUT2D eigenvalue weighted by Gasteiger charge is -2.19. The Kier molecular flexibility index (Phi) is 50.7. The van der Waals surface area contributed by atoms with Crippen LogP contribution in [0.2, 0.25) is 0 Å². The first-order valence-corrected chi connectivity index (χ1v) is 18.2. The van der Waals surface area contributed by atoms with E-state index in [1.165, 1.54) is 97.7 Å². The number of Topliss-reactive ketones (excluding diaryl/α,β-unsaturated/α-hetero) is 1. The van der Waals surface area contributed by atoms with Gasteiger partial charge >= 0.3 is 11.9 Å². The van der Waals surface area contributed by atoms with Crippen molar-refractivity contribution in [1.82, 2.24) is 4.90 Å². The van der Waals surface area contributed by atoms with E-state index in [2.05, 4.69) is 42.1 Å². The number of carbonyl (C=O) groups is 3. The minimum absolute atomic E-state index is 0.0782. The second-order valence-corrected chi connectivity index (χ2v) is 11.3. The third-order valence-corrected chi connectivity index (χ3v) is 6.99. The standard InChI is InChI=1S/C15H29NO3.C10H20O2.C10H22.C2H6/c1-4-11-16(13-14(2)17)12-9-7-5-6-8-10-15(18)19-3;1-3-4-5-6-7-8-9-10(11)12-2;1-3-5-7-9-10-8-6-4-2;1-2/h4-13H2,1-3H3;3-9H2,1-2H3;3-10H2,1-2H3;1-2H3. The van der Waals surface area contributed by atoms with Crippen molar-refractivity contribution in [3.63, 3.8) is 0 Å². The average Bonchev–Trinajstić information content (AvgIpc) is 3.01. The Labute approximate surface area is 269 Å². The number of methoxy groups -OCH3 is 2. The number of nitrogens with zero attached hydrogens (tertiary/aromatic N) is 1. The number of rotatable bonds is 26. The maximum atomic E-state index is 11.1. The number of hydrogen-bond acceptors (Lipinski definition) is 6. The summed E-state index contributed by atoms with van der Waals surface area (Å²) in [4.78, 5) is 34.9. The zero-order valence-electron chi connectivity index (χ0n) is 30.7. The fraction of sp³-hybridized carbons (Fsp3) is 0.919. The minimum Gasteiger partial charge on any atom is -0.469 e. The van der Waals surface area contributed by atoms with Gasteiger partial charge in [-0.1, -0.05) is 144 Å². The van der Waals surface area contributed by atoms with E-state index in [4.69, 9.17) is 0 Å². The maximum absolute atomic E-state index is 11.1. The summed E-state index contributed by atoms with van der Waals surface area (Å²) in [5.41, 5.74) is 0. The zero-order chi connectivity index (χ0) is 33.4. The van der Waals surface area contributed by atoms with Gasteiger partial charge in [0.2, 0.25) is 0 Å². The third kappa shape index (κ3) is 50.5. The molecule has 0 fully saturated rings. The molecule has 0 N–H and O–H groups in total. The minimum atomic E-state index is -0.115. The molecule has 0 amide bonds. The molecule has 0 unspecified atom stereocenters. The molecule has 0 aliphatic heterocycles. The highest BCUT2D eigenvalue weighted by atomic mass is 16.5. The van der Waals surface area contributed by atoms with Crippen LogP contribution in [0.5, 0.6) is 0 Å². The Morgan fingerprint density at radius 3 is 1.09 bits per heavy atom. The van der Waals surface area contributed by atoms with Crippen molar-refractivity contribution >= 4 is 17.7 Å². The molecule has 0 saturated carbocycles. The molecule has 6 nitrogen and oxygen atoms in total. The molecule has 0 saturated heterocycles. The molecule has 0 radical (unpaired) electrons. The molecular weight excluding hydrogens is 538 g/mol. The number of unbranched alkanes of at least 4 members (excludes halogenated alkanes) is 16. The van der Waals surface area contributed by atoms with Gasteiger partial charge in [-0.05, 0) is 45.7 Å². The third-order valence-electron chi connectivity index (χ3n) is 6.99. The Morgan fingerprint density at radius 2 is 0.791 bits per heavy atom. The van der Waals surface area contributed by atoms with Crippen molar-refractivity contribution in [2.45, 2.75) is 190 Å². The second-order valence-electron chi connectivity index (χ2n) is 11.3. The van der Waals surface area contributed by atoms with Gasteiger partial charge in [-0.2, -0.15) is 0 Å². The SMILES string of the molecule is CC.CCCCCCCCC(=O)OC.CCCCCCCCCC.CCCN(CCCCCCCC(=O)OC)CC(C)=O. The van der Waals surface area contributed by atoms with Gasteiger partial charge in [-0.3, -0.25) is 19.3 Å². The normalized spacial score (nSPS) is 10.0. The van der Waals surface area contributed by atoms with E-state index in [0.717, 1.165) is 58.0 Å². The highest BCUT2D eigenvalue weighted by molar-refractivity contribution is 5.77. The molecule has 0 aliphatic rings. The van der Waals surface area contributed by atoms with E-state index < -0.39 is 0 Å². The lowest BCUT2D eigenvalue weighted by Crippen LogP contribution is -2.30. The molecule has 0 rings (SSSR count). The van der Waals surface area contributed by atoms with Crippen LogP contribution < -0.4 is 0 Å². The Morgan fingerprint density at radius 1 is 0.465 bits per heavy atom. The lowest BCUT2D eigenvalue weighted by molar-refractivity contribution is -0.141. The van der Waals surface area contributed by atoms with Crippen LogP contribution in [-0.4, -0.2) is 56.5 Å². The van der Waals surface area contributed by atoms with E-state index in [0.29, 0.717) is 19.4 Å².